The van der Waals surface area contributed by atoms with Crippen molar-refractivity contribution in [1.82, 2.24) is 0 Å². The molecule has 6 heteroatoms. The minimum Gasteiger partial charge on any atom is -0.384 e. The molecule has 3 atom stereocenters. The van der Waals surface area contributed by atoms with Gasteiger partial charge in [-0.1, -0.05) is 30.7 Å². The summed E-state index contributed by atoms with van der Waals surface area (Å²) in [6, 6.07) is 7.30. The van der Waals surface area contributed by atoms with Crippen LogP contribution >= 0.6 is 11.6 Å². The van der Waals surface area contributed by atoms with Crippen LogP contribution in [0.25, 0.3) is 0 Å². The Morgan fingerprint density at radius 3 is 2.40 bits per heavy atom. The van der Waals surface area contributed by atoms with Crippen LogP contribution in [0.3, 0.4) is 0 Å². The molecule has 4 nitrogen and oxygen atoms in total. The predicted octanol–water partition coefficient (Wildman–Crippen LogP) is 1.83. The molecular weight excluding hydrogens is 298 g/mol. The van der Waals surface area contributed by atoms with Crippen molar-refractivity contribution in [3.8, 4) is 0 Å². The van der Waals surface area contributed by atoms with E-state index in [9.17, 15) is 8.42 Å². The van der Waals surface area contributed by atoms with Gasteiger partial charge in [0.25, 0.3) is 0 Å². The number of methoxy groups -OCH3 is 1. The summed E-state index contributed by atoms with van der Waals surface area (Å²) in [5.74, 6) is 0.00223. The maximum atomic E-state index is 12.3. The highest BCUT2D eigenvalue weighted by Crippen LogP contribution is 2.62. The molecule has 0 radical (unpaired) electrons. The second-order valence-corrected chi connectivity index (χ2v) is 8.12. The zero-order chi connectivity index (χ0) is 15.0. The Labute approximate surface area is 125 Å². The summed E-state index contributed by atoms with van der Waals surface area (Å²) in [4.78, 5) is 0. The molecule has 1 saturated carbocycles. The number of rotatable bonds is 6. The van der Waals surface area contributed by atoms with Gasteiger partial charge in [-0.25, -0.2) is 8.42 Å². The fraction of sp³-hybridized carbons (Fsp3) is 0.571. The fourth-order valence-corrected chi connectivity index (χ4v) is 5.39. The maximum absolute atomic E-state index is 12.3. The van der Waals surface area contributed by atoms with Crippen molar-refractivity contribution >= 4 is 21.4 Å². The topological polar surface area (TPSA) is 69.4 Å². The lowest BCUT2D eigenvalue weighted by Gasteiger charge is -2.14. The van der Waals surface area contributed by atoms with E-state index in [0.717, 1.165) is 5.56 Å². The van der Waals surface area contributed by atoms with Crippen molar-refractivity contribution < 1.29 is 13.2 Å². The van der Waals surface area contributed by atoms with Gasteiger partial charge in [-0.2, -0.15) is 0 Å². The van der Waals surface area contributed by atoms with E-state index in [1.54, 1.807) is 26.2 Å². The molecule has 1 fully saturated rings. The monoisotopic (exact) mass is 317 g/mol. The highest BCUT2D eigenvalue weighted by molar-refractivity contribution is 7.92. The average Bonchev–Trinajstić information content (AvgIpc) is 3.10. The van der Waals surface area contributed by atoms with Crippen LogP contribution in [0.4, 0.5) is 0 Å². The molecule has 0 unspecified atom stereocenters. The number of ether oxygens (including phenoxy) is 1. The SMILES string of the molecule is CCS(=O)(=O)[C@H]1[C@@H](c2ccc(Cl)cc2)[C@@]1(CN)COC. The Balaban J connectivity index is 2.42. The lowest BCUT2D eigenvalue weighted by atomic mass is 10.0. The summed E-state index contributed by atoms with van der Waals surface area (Å²) < 4.78 is 29.9. The summed E-state index contributed by atoms with van der Waals surface area (Å²) in [7, 11) is -1.59. The Hall–Kier alpha value is -0.620. The van der Waals surface area contributed by atoms with Crippen LogP contribution in [0, 0.1) is 5.41 Å². The first kappa shape index (κ1) is 15.8. The Morgan fingerprint density at radius 1 is 1.35 bits per heavy atom. The van der Waals surface area contributed by atoms with E-state index in [0.29, 0.717) is 11.6 Å². The number of benzene rings is 1. The number of hydrogen-bond donors (Lipinski definition) is 1. The molecule has 1 aliphatic rings. The molecule has 0 spiro atoms. The molecule has 1 aromatic rings. The molecule has 0 amide bonds. The zero-order valence-electron chi connectivity index (χ0n) is 11.7. The predicted molar refractivity (Wildman–Crippen MR) is 80.8 cm³/mol. The van der Waals surface area contributed by atoms with Crippen molar-refractivity contribution in [2.75, 3.05) is 26.0 Å². The van der Waals surface area contributed by atoms with Gasteiger partial charge in [-0.3, -0.25) is 0 Å². The van der Waals surface area contributed by atoms with Crippen molar-refractivity contribution in [1.29, 1.82) is 0 Å². The average molecular weight is 318 g/mol. The number of sulfone groups is 1. The van der Waals surface area contributed by atoms with Gasteiger partial charge in [0.1, 0.15) is 0 Å². The summed E-state index contributed by atoms with van der Waals surface area (Å²) >= 11 is 5.89. The molecule has 0 aromatic heterocycles. The molecule has 0 saturated heterocycles. The molecule has 2 rings (SSSR count). The molecular formula is C14H20ClNO3S. The van der Waals surface area contributed by atoms with Gasteiger partial charge in [0.05, 0.1) is 11.9 Å². The van der Waals surface area contributed by atoms with E-state index < -0.39 is 20.5 Å². The Morgan fingerprint density at radius 2 is 1.95 bits per heavy atom. The molecule has 20 heavy (non-hydrogen) atoms. The van der Waals surface area contributed by atoms with Crippen LogP contribution in [-0.4, -0.2) is 39.7 Å². The van der Waals surface area contributed by atoms with E-state index in [1.165, 1.54) is 0 Å². The summed E-state index contributed by atoms with van der Waals surface area (Å²) in [6.07, 6.45) is 0. The largest absolute Gasteiger partial charge is 0.384 e. The molecule has 0 aliphatic heterocycles. The van der Waals surface area contributed by atoms with Crippen molar-refractivity contribution in [2.45, 2.75) is 18.1 Å². The first-order valence-corrected chi connectivity index (χ1v) is 8.68. The molecule has 0 heterocycles. The number of hydrogen-bond acceptors (Lipinski definition) is 4. The van der Waals surface area contributed by atoms with E-state index in [4.69, 9.17) is 22.1 Å². The maximum Gasteiger partial charge on any atom is 0.154 e. The summed E-state index contributed by atoms with van der Waals surface area (Å²) in [5.41, 5.74) is 6.32. The van der Waals surface area contributed by atoms with Gasteiger partial charge in [-0.15, -0.1) is 0 Å². The lowest BCUT2D eigenvalue weighted by Crippen LogP contribution is -2.28. The van der Waals surface area contributed by atoms with Gasteiger partial charge in [-0.05, 0) is 17.7 Å². The van der Waals surface area contributed by atoms with Crippen molar-refractivity contribution in [2.24, 2.45) is 11.1 Å². The van der Waals surface area contributed by atoms with Crippen LogP contribution in [0.5, 0.6) is 0 Å². The smallest absolute Gasteiger partial charge is 0.154 e. The van der Waals surface area contributed by atoms with Gasteiger partial charge in [0.15, 0.2) is 9.84 Å². The summed E-state index contributed by atoms with van der Waals surface area (Å²) in [5, 5.41) is 0.167. The first-order chi connectivity index (χ1) is 9.43. The van der Waals surface area contributed by atoms with Crippen LogP contribution < -0.4 is 5.73 Å². The summed E-state index contributed by atoms with van der Waals surface area (Å²) in [6.45, 7) is 2.30. The number of nitrogens with two attached hydrogens (primary N) is 1. The first-order valence-electron chi connectivity index (χ1n) is 6.59. The van der Waals surface area contributed by atoms with Gasteiger partial charge in [0, 0.05) is 35.8 Å². The van der Waals surface area contributed by atoms with E-state index in [2.05, 4.69) is 0 Å². The normalized spacial score (nSPS) is 29.4. The van der Waals surface area contributed by atoms with Crippen LogP contribution in [0.15, 0.2) is 24.3 Å². The fourth-order valence-electron chi connectivity index (χ4n) is 3.12. The second-order valence-electron chi connectivity index (χ2n) is 5.27. The molecule has 0 bridgehead atoms. The molecule has 1 aromatic carbocycles. The highest BCUT2D eigenvalue weighted by atomic mass is 35.5. The number of halogens is 1. The third-order valence-electron chi connectivity index (χ3n) is 4.19. The van der Waals surface area contributed by atoms with Gasteiger partial charge in [0.2, 0.25) is 0 Å². The van der Waals surface area contributed by atoms with E-state index >= 15 is 0 Å². The second kappa shape index (κ2) is 5.64. The minimum absolute atomic E-state index is 0.116. The molecule has 1 aliphatic carbocycles. The Bertz CT molecular complexity index is 573. The third kappa shape index (κ3) is 2.48. The van der Waals surface area contributed by atoms with Crippen LogP contribution in [-0.2, 0) is 14.6 Å². The zero-order valence-corrected chi connectivity index (χ0v) is 13.2. The van der Waals surface area contributed by atoms with Crippen LogP contribution in [0.1, 0.15) is 18.4 Å². The minimum atomic E-state index is -3.17. The van der Waals surface area contributed by atoms with Crippen molar-refractivity contribution in [3.63, 3.8) is 0 Å². The highest BCUT2D eigenvalue weighted by Gasteiger charge is 2.69. The standard InChI is InChI=1S/C14H20ClNO3S/c1-3-20(17,18)13-12(14(13,8-16)9-19-2)10-4-6-11(15)7-5-10/h4-7,12-13H,3,8-9,16H2,1-2H3/t12-,13+,14-/m1/s1. The van der Waals surface area contributed by atoms with Crippen LogP contribution in [0.2, 0.25) is 5.02 Å². The van der Waals surface area contributed by atoms with E-state index in [-0.39, 0.29) is 18.2 Å². The van der Waals surface area contributed by atoms with Gasteiger partial charge < -0.3 is 10.5 Å². The Kier molecular flexibility index (Phi) is 4.44. The molecule has 2 N–H and O–H groups in total. The molecule has 112 valence electrons. The quantitative estimate of drug-likeness (QED) is 0.869. The van der Waals surface area contributed by atoms with Crippen molar-refractivity contribution in [3.05, 3.63) is 34.9 Å². The van der Waals surface area contributed by atoms with E-state index in [1.807, 2.05) is 12.1 Å². The lowest BCUT2D eigenvalue weighted by molar-refractivity contribution is 0.142. The third-order valence-corrected chi connectivity index (χ3v) is 6.76. The van der Waals surface area contributed by atoms with Gasteiger partial charge >= 0.3 is 0 Å².